The van der Waals surface area contributed by atoms with Gasteiger partial charge in [0.2, 0.25) is 0 Å². The molecule has 1 aliphatic heterocycles. The monoisotopic (exact) mass is 329 g/mol. The van der Waals surface area contributed by atoms with E-state index in [4.69, 9.17) is 4.74 Å². The molecule has 1 aliphatic rings. The van der Waals surface area contributed by atoms with E-state index in [1.54, 1.807) is 0 Å². The number of nitrogens with one attached hydrogen (secondary N) is 1. The first-order valence-corrected chi connectivity index (χ1v) is 8.48. The Labute approximate surface area is 122 Å². The molecule has 2 rings (SSSR count). The summed E-state index contributed by atoms with van der Waals surface area (Å²) in [6.07, 6.45) is 2.27. The Morgan fingerprint density at radius 2 is 2.33 bits per heavy atom. The summed E-state index contributed by atoms with van der Waals surface area (Å²) in [4.78, 5) is 0. The Balaban J connectivity index is 1.82. The van der Waals surface area contributed by atoms with Crippen molar-refractivity contribution in [1.82, 2.24) is 5.32 Å². The fraction of sp³-hybridized carbons (Fsp3) is 0.571. The summed E-state index contributed by atoms with van der Waals surface area (Å²) in [6, 6.07) is 4.33. The fourth-order valence-corrected chi connectivity index (χ4v) is 3.33. The molecule has 1 heterocycles. The Kier molecular flexibility index (Phi) is 5.86. The van der Waals surface area contributed by atoms with Crippen LogP contribution in [0.25, 0.3) is 0 Å². The third kappa shape index (κ3) is 3.90. The smallest absolute Gasteiger partial charge is 0.127 e. The molecule has 0 saturated carbocycles. The van der Waals surface area contributed by atoms with Gasteiger partial charge in [-0.3, -0.25) is 0 Å². The lowest BCUT2D eigenvalue weighted by atomic mass is 10.1. The Morgan fingerprint density at radius 1 is 1.44 bits per heavy atom. The summed E-state index contributed by atoms with van der Waals surface area (Å²) in [6.45, 7) is 5.01. The van der Waals surface area contributed by atoms with Crippen LogP contribution in [-0.2, 0) is 13.0 Å². The highest BCUT2D eigenvalue weighted by Crippen LogP contribution is 2.32. The minimum absolute atomic E-state index is 0.825. The number of fused-ring (bicyclic) bond motifs is 1. The SMILES string of the molecule is CCSCCCNCc1cc(Br)cc2c1OCC2. The summed E-state index contributed by atoms with van der Waals surface area (Å²) in [7, 11) is 0. The van der Waals surface area contributed by atoms with Gasteiger partial charge >= 0.3 is 0 Å². The maximum atomic E-state index is 5.72. The zero-order chi connectivity index (χ0) is 12.8. The molecule has 4 heteroatoms. The van der Waals surface area contributed by atoms with E-state index in [9.17, 15) is 0 Å². The van der Waals surface area contributed by atoms with Crippen molar-refractivity contribution in [2.75, 3.05) is 24.7 Å². The molecule has 0 unspecified atom stereocenters. The van der Waals surface area contributed by atoms with Gasteiger partial charge in [0.15, 0.2) is 0 Å². The van der Waals surface area contributed by atoms with Crippen LogP contribution < -0.4 is 10.1 Å². The van der Waals surface area contributed by atoms with Crippen molar-refractivity contribution in [3.05, 3.63) is 27.7 Å². The first-order chi connectivity index (χ1) is 8.81. The Hall–Kier alpha value is -0.190. The van der Waals surface area contributed by atoms with Gasteiger partial charge in [0, 0.05) is 23.0 Å². The summed E-state index contributed by atoms with van der Waals surface area (Å²) in [5.74, 6) is 3.57. The molecule has 2 nitrogen and oxygen atoms in total. The standard InChI is InChI=1S/C14H20BrNOS/c1-2-18-7-3-5-16-10-12-9-13(15)8-11-4-6-17-14(11)12/h8-9,16H,2-7,10H2,1H3. The molecule has 0 spiro atoms. The summed E-state index contributed by atoms with van der Waals surface area (Å²) in [5.41, 5.74) is 2.61. The molecule has 0 atom stereocenters. The summed E-state index contributed by atoms with van der Waals surface area (Å²) in [5, 5.41) is 3.50. The van der Waals surface area contributed by atoms with E-state index in [-0.39, 0.29) is 0 Å². The number of hydrogen-bond donors (Lipinski definition) is 1. The molecular formula is C14H20BrNOS. The van der Waals surface area contributed by atoms with Gasteiger partial charge in [-0.2, -0.15) is 11.8 Å². The lowest BCUT2D eigenvalue weighted by molar-refractivity contribution is 0.352. The predicted molar refractivity (Wildman–Crippen MR) is 82.7 cm³/mol. The van der Waals surface area contributed by atoms with E-state index in [1.807, 2.05) is 11.8 Å². The van der Waals surface area contributed by atoms with Gasteiger partial charge in [-0.15, -0.1) is 0 Å². The van der Waals surface area contributed by atoms with Crippen LogP contribution in [-0.4, -0.2) is 24.7 Å². The second-order valence-corrected chi connectivity index (χ2v) is 6.69. The number of thioether (sulfide) groups is 1. The van der Waals surface area contributed by atoms with Crippen LogP contribution in [0.1, 0.15) is 24.5 Å². The minimum atomic E-state index is 0.825. The van der Waals surface area contributed by atoms with Crippen molar-refractivity contribution in [3.63, 3.8) is 0 Å². The molecule has 0 radical (unpaired) electrons. The first-order valence-electron chi connectivity index (χ1n) is 6.54. The number of hydrogen-bond acceptors (Lipinski definition) is 3. The second-order valence-electron chi connectivity index (χ2n) is 4.38. The average Bonchev–Trinajstić information content (AvgIpc) is 2.81. The molecule has 1 aromatic carbocycles. The van der Waals surface area contributed by atoms with Crippen LogP contribution in [0.4, 0.5) is 0 Å². The van der Waals surface area contributed by atoms with Gasteiger partial charge in [0.1, 0.15) is 5.75 Å². The maximum absolute atomic E-state index is 5.72. The highest BCUT2D eigenvalue weighted by Gasteiger charge is 2.16. The molecule has 18 heavy (non-hydrogen) atoms. The van der Waals surface area contributed by atoms with Gasteiger partial charge in [-0.1, -0.05) is 22.9 Å². The van der Waals surface area contributed by atoms with Gasteiger partial charge < -0.3 is 10.1 Å². The summed E-state index contributed by atoms with van der Waals surface area (Å²) < 4.78 is 6.87. The predicted octanol–water partition coefficient (Wildman–Crippen LogP) is 3.62. The lowest BCUT2D eigenvalue weighted by Crippen LogP contribution is -2.16. The minimum Gasteiger partial charge on any atom is -0.493 e. The fourth-order valence-electron chi connectivity index (χ4n) is 2.14. The highest BCUT2D eigenvalue weighted by atomic mass is 79.9. The van der Waals surface area contributed by atoms with Crippen LogP contribution in [0.2, 0.25) is 0 Å². The van der Waals surface area contributed by atoms with E-state index < -0.39 is 0 Å². The van der Waals surface area contributed by atoms with E-state index in [2.05, 4.69) is 40.3 Å². The molecular weight excluding hydrogens is 310 g/mol. The van der Waals surface area contributed by atoms with Crippen molar-refractivity contribution < 1.29 is 4.74 Å². The number of ether oxygens (including phenoxy) is 1. The normalized spacial score (nSPS) is 13.4. The topological polar surface area (TPSA) is 21.3 Å². The quantitative estimate of drug-likeness (QED) is 0.772. The molecule has 0 fully saturated rings. The third-order valence-corrected chi connectivity index (χ3v) is 4.43. The largest absolute Gasteiger partial charge is 0.493 e. The van der Waals surface area contributed by atoms with E-state index >= 15 is 0 Å². The van der Waals surface area contributed by atoms with Crippen LogP contribution >= 0.6 is 27.7 Å². The maximum Gasteiger partial charge on any atom is 0.127 e. The highest BCUT2D eigenvalue weighted by molar-refractivity contribution is 9.10. The van der Waals surface area contributed by atoms with E-state index in [1.165, 1.54) is 29.1 Å². The number of rotatable bonds is 7. The Bertz CT molecular complexity index is 398. The van der Waals surface area contributed by atoms with Crippen LogP contribution in [0.3, 0.4) is 0 Å². The molecule has 1 N–H and O–H groups in total. The number of benzene rings is 1. The molecule has 0 aliphatic carbocycles. The Morgan fingerprint density at radius 3 is 3.17 bits per heavy atom. The van der Waals surface area contributed by atoms with Crippen molar-refractivity contribution in [3.8, 4) is 5.75 Å². The van der Waals surface area contributed by atoms with Gasteiger partial charge in [0.05, 0.1) is 6.61 Å². The van der Waals surface area contributed by atoms with Crippen LogP contribution in [0.5, 0.6) is 5.75 Å². The molecule has 100 valence electrons. The molecule has 0 saturated heterocycles. The van der Waals surface area contributed by atoms with Crippen molar-refractivity contribution in [1.29, 1.82) is 0 Å². The number of halogens is 1. The van der Waals surface area contributed by atoms with Gasteiger partial charge in [-0.05, 0) is 42.2 Å². The average molecular weight is 330 g/mol. The van der Waals surface area contributed by atoms with E-state index in [0.29, 0.717) is 0 Å². The van der Waals surface area contributed by atoms with Gasteiger partial charge in [0.25, 0.3) is 0 Å². The van der Waals surface area contributed by atoms with Crippen molar-refractivity contribution >= 4 is 27.7 Å². The second kappa shape index (κ2) is 7.41. The first kappa shape index (κ1) is 14.2. The van der Waals surface area contributed by atoms with Crippen LogP contribution in [0, 0.1) is 0 Å². The summed E-state index contributed by atoms with van der Waals surface area (Å²) >= 11 is 5.58. The van der Waals surface area contributed by atoms with Crippen LogP contribution in [0.15, 0.2) is 16.6 Å². The lowest BCUT2D eigenvalue weighted by Gasteiger charge is -2.10. The third-order valence-electron chi connectivity index (χ3n) is 2.99. The molecule has 0 amide bonds. The molecule has 1 aromatic rings. The molecule has 0 aromatic heterocycles. The van der Waals surface area contributed by atoms with Gasteiger partial charge in [-0.25, -0.2) is 0 Å². The van der Waals surface area contributed by atoms with E-state index in [0.717, 1.165) is 36.3 Å². The zero-order valence-corrected chi connectivity index (χ0v) is 13.2. The zero-order valence-electron chi connectivity index (χ0n) is 10.8. The van der Waals surface area contributed by atoms with Crippen molar-refractivity contribution in [2.45, 2.75) is 26.3 Å². The molecule has 0 bridgehead atoms. The van der Waals surface area contributed by atoms with Crippen molar-refractivity contribution in [2.24, 2.45) is 0 Å².